The summed E-state index contributed by atoms with van der Waals surface area (Å²) in [6.07, 6.45) is 2.10. The Kier molecular flexibility index (Phi) is 13.1. The quantitative estimate of drug-likeness (QED) is 0.114. The number of rotatable bonds is 16. The molecule has 1 atom stereocenters. The van der Waals surface area contributed by atoms with Gasteiger partial charge in [0, 0.05) is 44.1 Å². The summed E-state index contributed by atoms with van der Waals surface area (Å²) in [7, 11) is 0. The predicted octanol–water partition coefficient (Wildman–Crippen LogP) is -0.921. The molecule has 46 heavy (non-hydrogen) atoms. The minimum atomic E-state index is -1.08. The van der Waals surface area contributed by atoms with Crippen molar-refractivity contribution < 1.29 is 43.1 Å². The summed E-state index contributed by atoms with van der Waals surface area (Å²) in [6.45, 7) is -0.0784. The summed E-state index contributed by atoms with van der Waals surface area (Å²) in [5.74, 6) is -4.56. The van der Waals surface area contributed by atoms with Crippen molar-refractivity contribution >= 4 is 53.0 Å². The molecule has 1 heterocycles. The summed E-state index contributed by atoms with van der Waals surface area (Å²) >= 11 is 0. The molecule has 2 aromatic carbocycles. The second kappa shape index (κ2) is 17.4. The maximum Gasteiger partial charge on any atom is 0.302 e. The number of imide groups is 1. The molecule has 15 heteroatoms. The van der Waals surface area contributed by atoms with Crippen molar-refractivity contribution in [2.45, 2.75) is 32.4 Å². The van der Waals surface area contributed by atoms with Crippen molar-refractivity contribution in [2.75, 3.05) is 31.5 Å². The van der Waals surface area contributed by atoms with Gasteiger partial charge < -0.3 is 31.3 Å². The first-order chi connectivity index (χ1) is 22.0. The number of hydrogen-bond acceptors (Lipinski definition) is 9. The molecule has 0 radical (unpaired) electrons. The number of ether oxygens (including phenoxy) is 1. The van der Waals surface area contributed by atoms with Gasteiger partial charge in [-0.2, -0.15) is 0 Å². The average molecular weight is 635 g/mol. The van der Waals surface area contributed by atoms with Gasteiger partial charge in [0.25, 0.3) is 11.8 Å². The summed E-state index contributed by atoms with van der Waals surface area (Å²) in [6, 6.07) is 14.4. The van der Waals surface area contributed by atoms with Crippen molar-refractivity contribution in [3.05, 3.63) is 77.9 Å². The first-order valence-electron chi connectivity index (χ1n) is 14.2. The van der Waals surface area contributed by atoms with Crippen molar-refractivity contribution in [1.29, 1.82) is 0 Å². The van der Waals surface area contributed by atoms with Crippen LogP contribution in [0.15, 0.2) is 66.7 Å². The van der Waals surface area contributed by atoms with Gasteiger partial charge in [-0.15, -0.1) is 0 Å². The van der Waals surface area contributed by atoms with E-state index in [1.54, 1.807) is 54.6 Å². The fourth-order valence-electron chi connectivity index (χ4n) is 4.04. The van der Waals surface area contributed by atoms with Crippen LogP contribution < -0.4 is 26.6 Å². The van der Waals surface area contributed by atoms with E-state index in [4.69, 9.17) is 4.74 Å². The van der Waals surface area contributed by atoms with E-state index in [0.717, 1.165) is 28.2 Å². The number of esters is 1. The lowest BCUT2D eigenvalue weighted by Gasteiger charge is -2.19. The highest BCUT2D eigenvalue weighted by Crippen LogP contribution is 2.11. The maximum absolute atomic E-state index is 13.0. The highest BCUT2D eigenvalue weighted by Gasteiger charge is 2.24. The number of hydrogen-bond donors (Lipinski definition) is 5. The lowest BCUT2D eigenvalue weighted by atomic mass is 10.1. The van der Waals surface area contributed by atoms with Gasteiger partial charge in [0.05, 0.1) is 19.6 Å². The van der Waals surface area contributed by atoms with E-state index in [9.17, 15) is 38.4 Å². The molecular weight excluding hydrogens is 600 g/mol. The molecule has 242 valence electrons. The molecule has 0 aromatic heterocycles. The van der Waals surface area contributed by atoms with Crippen molar-refractivity contribution in [3.8, 4) is 0 Å². The number of amides is 7. The van der Waals surface area contributed by atoms with Gasteiger partial charge in [-0.25, -0.2) is 0 Å². The maximum atomic E-state index is 13.0. The number of nitrogens with zero attached hydrogens (tertiary/aromatic N) is 1. The molecule has 5 N–H and O–H groups in total. The van der Waals surface area contributed by atoms with E-state index >= 15 is 0 Å². The second-order valence-corrected chi connectivity index (χ2v) is 10.0. The van der Waals surface area contributed by atoms with Crippen LogP contribution >= 0.6 is 0 Å². The monoisotopic (exact) mass is 634 g/mol. The Bertz CT molecular complexity index is 1470. The third-order valence-corrected chi connectivity index (χ3v) is 6.39. The summed E-state index contributed by atoms with van der Waals surface area (Å²) in [4.78, 5) is 97.1. The minimum Gasteiger partial charge on any atom is -0.461 e. The highest BCUT2D eigenvalue weighted by atomic mass is 16.5. The lowest BCUT2D eigenvalue weighted by Crippen LogP contribution is -2.52. The number of carbonyl (C=O) groups is 8. The molecule has 1 aliphatic rings. The number of anilines is 1. The fraction of sp³-hybridized carbons (Fsp3) is 0.290. The van der Waals surface area contributed by atoms with E-state index < -0.39 is 66.5 Å². The minimum absolute atomic E-state index is 0.0969. The fourth-order valence-corrected chi connectivity index (χ4v) is 4.04. The third kappa shape index (κ3) is 12.0. The Balaban J connectivity index is 1.44. The largest absolute Gasteiger partial charge is 0.461 e. The zero-order chi connectivity index (χ0) is 33.5. The molecule has 7 amide bonds. The molecule has 1 aliphatic heterocycles. The Morgan fingerprint density at radius 3 is 1.98 bits per heavy atom. The van der Waals surface area contributed by atoms with Gasteiger partial charge in [0.1, 0.15) is 12.6 Å². The first kappa shape index (κ1) is 34.6. The number of carbonyl (C=O) groups excluding carboxylic acids is 8. The molecule has 0 aliphatic carbocycles. The SMILES string of the molecule is CC(=O)OCc1ccc(NC(=O)CNC(=O)[C@H](Cc2ccccc2)NC(=O)CNC(=O)CNC(=O)CCN2C(=O)C=CC2=O)cc1. The molecular formula is C31H34N6O9. The zero-order valence-corrected chi connectivity index (χ0v) is 25.0. The standard InChI is InChI=1S/C31H34N6O9/c1-20(38)46-19-22-7-9-23(10-8-22)35-27(41)18-34-31(45)24(15-21-5-3-2-4-6-21)36-28(42)17-33-26(40)16-32-25(39)13-14-37-29(43)11-12-30(37)44/h2-12,24H,13-19H2,1H3,(H,32,39)(H,33,40)(H,34,45)(H,35,41)(H,36,42)/t24-/m0/s1. The molecule has 0 fully saturated rings. The van der Waals surface area contributed by atoms with E-state index in [2.05, 4.69) is 26.6 Å². The molecule has 0 saturated heterocycles. The van der Waals surface area contributed by atoms with Crippen LogP contribution in [0.3, 0.4) is 0 Å². The van der Waals surface area contributed by atoms with Crippen LogP contribution in [0.25, 0.3) is 0 Å². The van der Waals surface area contributed by atoms with Crippen LogP contribution in [0, 0.1) is 0 Å². The van der Waals surface area contributed by atoms with Crippen LogP contribution in [-0.4, -0.2) is 84.4 Å². The van der Waals surface area contributed by atoms with E-state index in [1.165, 1.54) is 6.92 Å². The van der Waals surface area contributed by atoms with Crippen molar-refractivity contribution in [2.24, 2.45) is 0 Å². The molecule has 0 unspecified atom stereocenters. The van der Waals surface area contributed by atoms with Crippen LogP contribution in [-0.2, 0) is 56.1 Å². The normalized spacial score (nSPS) is 12.6. The first-order valence-corrected chi connectivity index (χ1v) is 14.2. The van der Waals surface area contributed by atoms with E-state index in [0.29, 0.717) is 5.69 Å². The summed E-state index contributed by atoms with van der Waals surface area (Å²) in [5.41, 5.74) is 1.92. The molecule has 0 saturated carbocycles. The van der Waals surface area contributed by atoms with Gasteiger partial charge in [0.15, 0.2) is 0 Å². The molecule has 0 bridgehead atoms. The molecule has 15 nitrogen and oxygen atoms in total. The van der Waals surface area contributed by atoms with Crippen LogP contribution in [0.2, 0.25) is 0 Å². The number of benzene rings is 2. The van der Waals surface area contributed by atoms with Gasteiger partial charge in [-0.3, -0.25) is 43.3 Å². The number of nitrogens with one attached hydrogen (secondary N) is 5. The predicted molar refractivity (Wildman–Crippen MR) is 162 cm³/mol. The van der Waals surface area contributed by atoms with Gasteiger partial charge in [-0.05, 0) is 23.3 Å². The van der Waals surface area contributed by atoms with Crippen LogP contribution in [0.5, 0.6) is 0 Å². The molecule has 2 aromatic rings. The third-order valence-electron chi connectivity index (χ3n) is 6.39. The Morgan fingerprint density at radius 1 is 0.717 bits per heavy atom. The molecule has 0 spiro atoms. The Labute approximate surface area is 264 Å². The van der Waals surface area contributed by atoms with Gasteiger partial charge in [0.2, 0.25) is 29.5 Å². The van der Waals surface area contributed by atoms with Gasteiger partial charge >= 0.3 is 5.97 Å². The second-order valence-electron chi connectivity index (χ2n) is 10.0. The average Bonchev–Trinajstić information content (AvgIpc) is 3.36. The lowest BCUT2D eigenvalue weighted by molar-refractivity contribution is -0.142. The zero-order valence-electron chi connectivity index (χ0n) is 25.0. The van der Waals surface area contributed by atoms with Crippen LogP contribution in [0.4, 0.5) is 5.69 Å². The highest BCUT2D eigenvalue weighted by molar-refractivity contribution is 6.13. The summed E-state index contributed by atoms with van der Waals surface area (Å²) in [5, 5.41) is 12.4. The smallest absolute Gasteiger partial charge is 0.302 e. The van der Waals surface area contributed by atoms with Crippen molar-refractivity contribution in [3.63, 3.8) is 0 Å². The van der Waals surface area contributed by atoms with Gasteiger partial charge in [-0.1, -0.05) is 42.5 Å². The van der Waals surface area contributed by atoms with E-state index in [1.807, 2.05) is 0 Å². The topological polar surface area (TPSA) is 209 Å². The Hall–Kier alpha value is -5.86. The van der Waals surface area contributed by atoms with E-state index in [-0.39, 0.29) is 32.5 Å². The van der Waals surface area contributed by atoms with Crippen molar-refractivity contribution in [1.82, 2.24) is 26.2 Å². The summed E-state index contributed by atoms with van der Waals surface area (Å²) < 4.78 is 4.92. The Morgan fingerprint density at radius 2 is 1.33 bits per heavy atom. The van der Waals surface area contributed by atoms with Crippen LogP contribution in [0.1, 0.15) is 24.5 Å². The molecule has 3 rings (SSSR count).